The number of nitrogens with one attached hydrogen (secondary N) is 1. The molecule has 0 aliphatic rings. The summed E-state index contributed by atoms with van der Waals surface area (Å²) in [7, 11) is 0. The Balaban J connectivity index is 1.87. The van der Waals surface area contributed by atoms with Gasteiger partial charge in [0.2, 0.25) is 0 Å². The number of benzene rings is 3. The summed E-state index contributed by atoms with van der Waals surface area (Å²) in [5, 5.41) is 16.0. The molecule has 0 radical (unpaired) electrons. The molecule has 1 unspecified atom stereocenters. The third-order valence-corrected chi connectivity index (χ3v) is 5.24. The first kappa shape index (κ1) is 19.2. The van der Waals surface area contributed by atoms with Crippen molar-refractivity contribution in [1.82, 2.24) is 4.98 Å². The highest BCUT2D eigenvalue weighted by atomic mass is 35.5. The zero-order valence-electron chi connectivity index (χ0n) is 16.1. The fraction of sp³-hybridized carbons (Fsp3) is 0.125. The molecule has 3 aromatic carbocycles. The Hall–Kier alpha value is -3.11. The second-order valence-electron chi connectivity index (χ2n) is 7.12. The van der Waals surface area contributed by atoms with Crippen LogP contribution in [0, 0.1) is 19.7 Å². The molecule has 0 amide bonds. The molecule has 5 heteroatoms. The number of aromatic hydroxyl groups is 1. The Morgan fingerprint density at radius 1 is 0.966 bits per heavy atom. The molecule has 1 heterocycles. The molecule has 2 N–H and O–H groups in total. The van der Waals surface area contributed by atoms with Crippen LogP contribution in [-0.4, -0.2) is 10.1 Å². The van der Waals surface area contributed by atoms with E-state index in [9.17, 15) is 9.50 Å². The third kappa shape index (κ3) is 3.89. The summed E-state index contributed by atoms with van der Waals surface area (Å²) >= 11 is 6.09. The van der Waals surface area contributed by atoms with E-state index in [4.69, 9.17) is 11.6 Å². The van der Waals surface area contributed by atoms with Gasteiger partial charge in [0, 0.05) is 27.4 Å². The number of anilines is 1. The van der Waals surface area contributed by atoms with Crippen molar-refractivity contribution in [2.24, 2.45) is 0 Å². The monoisotopic (exact) mass is 406 g/mol. The van der Waals surface area contributed by atoms with Crippen LogP contribution in [0.5, 0.6) is 5.75 Å². The Bertz CT molecular complexity index is 1190. The van der Waals surface area contributed by atoms with Crippen molar-refractivity contribution in [3.63, 3.8) is 0 Å². The van der Waals surface area contributed by atoms with Gasteiger partial charge in [-0.1, -0.05) is 41.9 Å². The Kier molecular flexibility index (Phi) is 5.12. The molecule has 146 valence electrons. The summed E-state index contributed by atoms with van der Waals surface area (Å²) in [6, 6.07) is 19.1. The molecule has 29 heavy (non-hydrogen) atoms. The number of pyridine rings is 1. The molecule has 0 aliphatic heterocycles. The number of rotatable bonds is 4. The number of phenolic OH excluding ortho intramolecular Hbond substituents is 1. The average Bonchev–Trinajstić information content (AvgIpc) is 2.70. The SMILES string of the molecule is Cc1ccc2ccc(C(Nc3ccc(Cl)cc3C)c3ccc(F)cc3)c(O)c2n1. The molecule has 0 spiro atoms. The van der Waals surface area contributed by atoms with E-state index in [1.807, 2.05) is 56.3 Å². The van der Waals surface area contributed by atoms with Gasteiger partial charge >= 0.3 is 0 Å². The van der Waals surface area contributed by atoms with Crippen LogP contribution < -0.4 is 5.32 Å². The lowest BCUT2D eigenvalue weighted by Gasteiger charge is -2.23. The van der Waals surface area contributed by atoms with Crippen molar-refractivity contribution in [2.45, 2.75) is 19.9 Å². The van der Waals surface area contributed by atoms with Crippen LogP contribution in [0.25, 0.3) is 10.9 Å². The standard InChI is InChI=1S/C24H20ClFN2O/c1-14-13-18(25)8-12-21(14)28-22(16-5-9-19(26)10-6-16)20-11-7-17-4-3-15(2)27-23(17)24(20)29/h3-13,22,28-29H,1-2H3. The normalized spacial score (nSPS) is 12.1. The second kappa shape index (κ2) is 7.72. The van der Waals surface area contributed by atoms with Crippen molar-refractivity contribution in [3.05, 3.63) is 100.0 Å². The van der Waals surface area contributed by atoms with Gasteiger partial charge in [-0.15, -0.1) is 0 Å². The Morgan fingerprint density at radius 2 is 1.69 bits per heavy atom. The van der Waals surface area contributed by atoms with Crippen LogP contribution in [0.1, 0.15) is 28.4 Å². The smallest absolute Gasteiger partial charge is 0.147 e. The van der Waals surface area contributed by atoms with Gasteiger partial charge in [0.1, 0.15) is 17.1 Å². The van der Waals surface area contributed by atoms with E-state index >= 15 is 0 Å². The zero-order chi connectivity index (χ0) is 20.5. The summed E-state index contributed by atoms with van der Waals surface area (Å²) in [6.07, 6.45) is 0. The first-order valence-electron chi connectivity index (χ1n) is 9.30. The van der Waals surface area contributed by atoms with E-state index in [0.717, 1.165) is 27.9 Å². The minimum Gasteiger partial charge on any atom is -0.505 e. The summed E-state index contributed by atoms with van der Waals surface area (Å²) in [5.41, 5.74) is 4.70. The molecule has 1 atom stereocenters. The van der Waals surface area contributed by atoms with Crippen molar-refractivity contribution >= 4 is 28.2 Å². The van der Waals surface area contributed by atoms with Gasteiger partial charge in [-0.2, -0.15) is 0 Å². The summed E-state index contributed by atoms with van der Waals surface area (Å²) in [4.78, 5) is 4.51. The van der Waals surface area contributed by atoms with Gasteiger partial charge in [-0.05, 0) is 61.4 Å². The topological polar surface area (TPSA) is 45.1 Å². The maximum Gasteiger partial charge on any atom is 0.147 e. The highest BCUT2D eigenvalue weighted by molar-refractivity contribution is 6.30. The molecule has 0 aliphatic carbocycles. The van der Waals surface area contributed by atoms with Crippen LogP contribution in [0.3, 0.4) is 0 Å². The van der Waals surface area contributed by atoms with Crippen molar-refractivity contribution in [1.29, 1.82) is 0 Å². The Morgan fingerprint density at radius 3 is 2.41 bits per heavy atom. The van der Waals surface area contributed by atoms with Gasteiger partial charge < -0.3 is 10.4 Å². The largest absolute Gasteiger partial charge is 0.505 e. The molecule has 0 saturated heterocycles. The Labute approximate surface area is 173 Å². The highest BCUT2D eigenvalue weighted by Gasteiger charge is 2.21. The number of aryl methyl sites for hydroxylation is 2. The predicted octanol–water partition coefficient (Wildman–Crippen LogP) is 6.55. The number of hydrogen-bond donors (Lipinski definition) is 2. The maximum atomic E-state index is 13.5. The fourth-order valence-corrected chi connectivity index (χ4v) is 3.69. The molecule has 0 bridgehead atoms. The minimum absolute atomic E-state index is 0.111. The van der Waals surface area contributed by atoms with E-state index in [-0.39, 0.29) is 11.6 Å². The lowest BCUT2D eigenvalue weighted by molar-refractivity contribution is 0.471. The van der Waals surface area contributed by atoms with E-state index in [1.165, 1.54) is 12.1 Å². The molecule has 0 saturated carbocycles. The van der Waals surface area contributed by atoms with Gasteiger partial charge in [-0.25, -0.2) is 9.37 Å². The van der Waals surface area contributed by atoms with Crippen molar-refractivity contribution < 1.29 is 9.50 Å². The zero-order valence-corrected chi connectivity index (χ0v) is 16.8. The summed E-state index contributed by atoms with van der Waals surface area (Å²) < 4.78 is 13.5. The van der Waals surface area contributed by atoms with Crippen LogP contribution >= 0.6 is 11.6 Å². The molecule has 4 rings (SSSR count). The molecule has 1 aromatic heterocycles. The van der Waals surface area contributed by atoms with Gasteiger partial charge in [-0.3, -0.25) is 0 Å². The first-order chi connectivity index (χ1) is 13.9. The van der Waals surface area contributed by atoms with Gasteiger partial charge in [0.25, 0.3) is 0 Å². The number of nitrogens with zero attached hydrogens (tertiary/aromatic N) is 1. The maximum absolute atomic E-state index is 13.5. The number of fused-ring (bicyclic) bond motifs is 1. The van der Waals surface area contributed by atoms with Gasteiger partial charge in [0.05, 0.1) is 6.04 Å². The van der Waals surface area contributed by atoms with Gasteiger partial charge in [0.15, 0.2) is 0 Å². The number of hydrogen-bond acceptors (Lipinski definition) is 3. The first-order valence-corrected chi connectivity index (χ1v) is 9.67. The molecule has 0 fully saturated rings. The van der Waals surface area contributed by atoms with E-state index < -0.39 is 6.04 Å². The van der Waals surface area contributed by atoms with Crippen LogP contribution in [0.2, 0.25) is 5.02 Å². The summed E-state index contributed by atoms with van der Waals surface area (Å²) in [5.74, 6) is -0.199. The van der Waals surface area contributed by atoms with Crippen molar-refractivity contribution in [3.8, 4) is 5.75 Å². The lowest BCUT2D eigenvalue weighted by Crippen LogP contribution is -2.13. The van der Waals surface area contributed by atoms with Crippen molar-refractivity contribution in [2.75, 3.05) is 5.32 Å². The van der Waals surface area contributed by atoms with E-state index in [0.29, 0.717) is 16.1 Å². The average molecular weight is 407 g/mol. The third-order valence-electron chi connectivity index (χ3n) is 5.01. The fourth-order valence-electron chi connectivity index (χ4n) is 3.46. The molecule has 3 nitrogen and oxygen atoms in total. The highest BCUT2D eigenvalue weighted by Crippen LogP contribution is 2.37. The molecule has 4 aromatic rings. The van der Waals surface area contributed by atoms with Crippen LogP contribution in [0.4, 0.5) is 10.1 Å². The predicted molar refractivity (Wildman–Crippen MR) is 116 cm³/mol. The number of phenols is 1. The van der Waals surface area contributed by atoms with Crippen LogP contribution in [0.15, 0.2) is 66.7 Å². The van der Waals surface area contributed by atoms with Crippen LogP contribution in [-0.2, 0) is 0 Å². The minimum atomic E-state index is -0.401. The molecular weight excluding hydrogens is 387 g/mol. The lowest BCUT2D eigenvalue weighted by atomic mass is 9.95. The number of halogens is 2. The summed E-state index contributed by atoms with van der Waals surface area (Å²) in [6.45, 7) is 3.85. The van der Waals surface area contributed by atoms with E-state index in [1.54, 1.807) is 12.1 Å². The quantitative estimate of drug-likeness (QED) is 0.404. The number of aromatic nitrogens is 1. The van der Waals surface area contributed by atoms with E-state index in [2.05, 4.69) is 10.3 Å². The second-order valence-corrected chi connectivity index (χ2v) is 7.55. The molecular formula is C24H20ClFN2O.